The summed E-state index contributed by atoms with van der Waals surface area (Å²) in [7, 11) is 0. The predicted octanol–water partition coefficient (Wildman–Crippen LogP) is 2.88. The second kappa shape index (κ2) is 3.67. The van der Waals surface area contributed by atoms with Gasteiger partial charge in [0.1, 0.15) is 0 Å². The zero-order valence-corrected chi connectivity index (χ0v) is 9.33. The van der Waals surface area contributed by atoms with Crippen LogP contribution in [0.1, 0.15) is 41.7 Å². The number of aryl methyl sites for hydroxylation is 1. The van der Waals surface area contributed by atoms with E-state index in [1.54, 1.807) is 16.0 Å². The third-order valence-corrected chi connectivity index (χ3v) is 4.44. The minimum Gasteiger partial charge on any atom is -0.310 e. The van der Waals surface area contributed by atoms with Gasteiger partial charge in [0, 0.05) is 17.5 Å². The molecule has 76 valence electrons. The lowest BCUT2D eigenvalue weighted by molar-refractivity contribution is 0.659. The lowest BCUT2D eigenvalue weighted by atomic mass is 9.96. The van der Waals surface area contributed by atoms with Crippen LogP contribution >= 0.6 is 11.3 Å². The van der Waals surface area contributed by atoms with Crippen LogP contribution in [0.3, 0.4) is 0 Å². The van der Waals surface area contributed by atoms with E-state index in [1.807, 2.05) is 11.3 Å². The summed E-state index contributed by atoms with van der Waals surface area (Å²) in [6, 6.07) is 0.842. The number of rotatable bonds is 3. The minimum atomic E-state index is 0.842. The molecular weight excluding hydrogens is 190 g/mol. The summed E-state index contributed by atoms with van der Waals surface area (Å²) < 4.78 is 0. The van der Waals surface area contributed by atoms with Crippen molar-refractivity contribution >= 4 is 11.3 Å². The average molecular weight is 207 g/mol. The van der Waals surface area contributed by atoms with Gasteiger partial charge in [-0.15, -0.1) is 11.3 Å². The van der Waals surface area contributed by atoms with Gasteiger partial charge in [-0.1, -0.05) is 0 Å². The molecule has 1 heterocycles. The highest BCUT2D eigenvalue weighted by atomic mass is 32.1. The van der Waals surface area contributed by atoms with Crippen molar-refractivity contribution in [1.29, 1.82) is 0 Å². The molecule has 14 heavy (non-hydrogen) atoms. The molecule has 0 amide bonds. The van der Waals surface area contributed by atoms with E-state index in [1.165, 1.54) is 38.5 Å². The van der Waals surface area contributed by atoms with Gasteiger partial charge in [-0.3, -0.25) is 0 Å². The van der Waals surface area contributed by atoms with Gasteiger partial charge in [0.15, 0.2) is 0 Å². The largest absolute Gasteiger partial charge is 0.310 e. The van der Waals surface area contributed by atoms with Gasteiger partial charge in [0.2, 0.25) is 0 Å². The molecule has 3 rings (SSSR count). The first kappa shape index (κ1) is 8.93. The van der Waals surface area contributed by atoms with Crippen molar-refractivity contribution in [2.45, 2.75) is 51.1 Å². The molecule has 0 bridgehead atoms. The Morgan fingerprint density at radius 2 is 2.14 bits per heavy atom. The van der Waals surface area contributed by atoms with Gasteiger partial charge in [-0.2, -0.15) is 0 Å². The van der Waals surface area contributed by atoms with Gasteiger partial charge in [-0.05, 0) is 55.0 Å². The van der Waals surface area contributed by atoms with Crippen LogP contribution < -0.4 is 5.32 Å². The normalized spacial score (nSPS) is 20.9. The van der Waals surface area contributed by atoms with E-state index in [2.05, 4.69) is 10.7 Å². The quantitative estimate of drug-likeness (QED) is 0.803. The SMILES string of the molecule is c1sc2c(c1CNC1CC1)CCCC2. The number of nitrogens with one attached hydrogen (secondary N) is 1. The van der Waals surface area contributed by atoms with Gasteiger partial charge in [0.05, 0.1) is 0 Å². The van der Waals surface area contributed by atoms with Crippen LogP contribution in [0.15, 0.2) is 5.38 Å². The first-order chi connectivity index (χ1) is 6.93. The van der Waals surface area contributed by atoms with Crippen molar-refractivity contribution < 1.29 is 0 Å². The highest BCUT2D eigenvalue weighted by Gasteiger charge is 2.21. The second-order valence-electron chi connectivity index (χ2n) is 4.52. The summed E-state index contributed by atoms with van der Waals surface area (Å²) in [5.41, 5.74) is 3.28. The zero-order chi connectivity index (χ0) is 9.38. The molecule has 1 aromatic rings. The van der Waals surface area contributed by atoms with Crippen molar-refractivity contribution in [1.82, 2.24) is 5.32 Å². The Labute approximate surface area is 89.5 Å². The van der Waals surface area contributed by atoms with Crippen molar-refractivity contribution in [3.8, 4) is 0 Å². The molecule has 0 aromatic carbocycles. The molecule has 1 aromatic heterocycles. The monoisotopic (exact) mass is 207 g/mol. The molecule has 0 spiro atoms. The molecule has 1 N–H and O–H groups in total. The lowest BCUT2D eigenvalue weighted by Gasteiger charge is -2.12. The van der Waals surface area contributed by atoms with E-state index in [4.69, 9.17) is 0 Å². The summed E-state index contributed by atoms with van der Waals surface area (Å²) in [5, 5.41) is 6.00. The number of thiophene rings is 1. The third kappa shape index (κ3) is 1.73. The molecule has 0 atom stereocenters. The maximum atomic E-state index is 3.62. The van der Waals surface area contributed by atoms with Crippen LogP contribution in [0.4, 0.5) is 0 Å². The number of fused-ring (bicyclic) bond motifs is 1. The van der Waals surface area contributed by atoms with Gasteiger partial charge < -0.3 is 5.32 Å². The third-order valence-electron chi connectivity index (χ3n) is 3.31. The molecular formula is C12H17NS. The molecule has 0 radical (unpaired) electrons. The average Bonchev–Trinajstić information content (AvgIpc) is 2.96. The van der Waals surface area contributed by atoms with Crippen LogP contribution in [0.25, 0.3) is 0 Å². The molecule has 1 saturated carbocycles. The summed E-state index contributed by atoms with van der Waals surface area (Å²) in [5.74, 6) is 0. The predicted molar refractivity (Wildman–Crippen MR) is 60.8 cm³/mol. The topological polar surface area (TPSA) is 12.0 Å². The first-order valence-electron chi connectivity index (χ1n) is 5.75. The van der Waals surface area contributed by atoms with E-state index in [0.29, 0.717) is 0 Å². The number of hydrogen-bond acceptors (Lipinski definition) is 2. The fraction of sp³-hybridized carbons (Fsp3) is 0.667. The fourth-order valence-corrected chi connectivity index (χ4v) is 3.40. The molecule has 2 heteroatoms. The summed E-state index contributed by atoms with van der Waals surface area (Å²) in [6.07, 6.45) is 8.27. The molecule has 0 aliphatic heterocycles. The molecule has 1 nitrogen and oxygen atoms in total. The van der Waals surface area contributed by atoms with Crippen LogP contribution in [-0.4, -0.2) is 6.04 Å². The minimum absolute atomic E-state index is 0.842. The highest BCUT2D eigenvalue weighted by Crippen LogP contribution is 2.30. The Hall–Kier alpha value is -0.340. The first-order valence-corrected chi connectivity index (χ1v) is 6.63. The summed E-state index contributed by atoms with van der Waals surface area (Å²) >= 11 is 1.98. The van der Waals surface area contributed by atoms with Gasteiger partial charge >= 0.3 is 0 Å². The molecule has 0 unspecified atom stereocenters. The summed E-state index contributed by atoms with van der Waals surface area (Å²) in [6.45, 7) is 1.12. The van der Waals surface area contributed by atoms with E-state index in [-0.39, 0.29) is 0 Å². The fourth-order valence-electron chi connectivity index (χ4n) is 2.25. The highest BCUT2D eigenvalue weighted by molar-refractivity contribution is 7.10. The Morgan fingerprint density at radius 3 is 3.00 bits per heavy atom. The molecule has 0 saturated heterocycles. The second-order valence-corrected chi connectivity index (χ2v) is 5.49. The lowest BCUT2D eigenvalue weighted by Crippen LogP contribution is -2.16. The van der Waals surface area contributed by atoms with Crippen LogP contribution in [0.2, 0.25) is 0 Å². The molecule has 2 aliphatic rings. The molecule has 2 aliphatic carbocycles. The van der Waals surface area contributed by atoms with Crippen molar-refractivity contribution in [2.24, 2.45) is 0 Å². The van der Waals surface area contributed by atoms with Crippen molar-refractivity contribution in [3.05, 3.63) is 21.4 Å². The van der Waals surface area contributed by atoms with E-state index in [9.17, 15) is 0 Å². The zero-order valence-electron chi connectivity index (χ0n) is 8.51. The Balaban J connectivity index is 1.72. The Morgan fingerprint density at radius 1 is 1.29 bits per heavy atom. The van der Waals surface area contributed by atoms with Gasteiger partial charge in [0.25, 0.3) is 0 Å². The number of hydrogen-bond donors (Lipinski definition) is 1. The van der Waals surface area contributed by atoms with E-state index >= 15 is 0 Å². The van der Waals surface area contributed by atoms with Crippen LogP contribution in [0, 0.1) is 0 Å². The molecule has 1 fully saturated rings. The van der Waals surface area contributed by atoms with Crippen molar-refractivity contribution in [3.63, 3.8) is 0 Å². The van der Waals surface area contributed by atoms with E-state index < -0.39 is 0 Å². The van der Waals surface area contributed by atoms with Crippen LogP contribution in [-0.2, 0) is 19.4 Å². The standard InChI is InChI=1S/C12H17NS/c1-2-4-12-11(3-1)9(8-14-12)7-13-10-5-6-10/h8,10,13H,1-7H2. The van der Waals surface area contributed by atoms with Gasteiger partial charge in [-0.25, -0.2) is 0 Å². The Bertz CT molecular complexity index is 325. The maximum absolute atomic E-state index is 3.62. The van der Waals surface area contributed by atoms with Crippen molar-refractivity contribution in [2.75, 3.05) is 0 Å². The summed E-state index contributed by atoms with van der Waals surface area (Å²) in [4.78, 5) is 1.67. The van der Waals surface area contributed by atoms with Crippen LogP contribution in [0.5, 0.6) is 0 Å². The maximum Gasteiger partial charge on any atom is 0.0219 e. The Kier molecular flexibility index (Phi) is 2.34. The smallest absolute Gasteiger partial charge is 0.0219 e. The van der Waals surface area contributed by atoms with E-state index in [0.717, 1.165) is 12.6 Å².